The predicted molar refractivity (Wildman–Crippen MR) is 70.1 cm³/mol. The van der Waals surface area contributed by atoms with Crippen LogP contribution in [0.1, 0.15) is 20.3 Å². The first-order chi connectivity index (χ1) is 9.02. The van der Waals surface area contributed by atoms with E-state index in [1.54, 1.807) is 0 Å². The van der Waals surface area contributed by atoms with Crippen LogP contribution in [-0.4, -0.2) is 24.6 Å². The molecule has 0 aromatic rings. The fourth-order valence-electron chi connectivity index (χ4n) is 3.35. The molecule has 5 atom stereocenters. The van der Waals surface area contributed by atoms with Gasteiger partial charge in [-0.25, -0.2) is 0 Å². The lowest BCUT2D eigenvalue weighted by atomic mass is 9.86. The van der Waals surface area contributed by atoms with Crippen LogP contribution in [0, 0.1) is 23.7 Å². The number of carbonyl (C=O) groups is 2. The second-order valence-corrected chi connectivity index (χ2v) is 5.30. The lowest BCUT2D eigenvalue weighted by Gasteiger charge is -2.26. The van der Waals surface area contributed by atoms with Crippen LogP contribution in [0.15, 0.2) is 24.8 Å². The maximum Gasteiger partial charge on any atom is 0.303 e. The number of allylic oxidation sites excluding steroid dienone is 2. The highest BCUT2D eigenvalue weighted by molar-refractivity contribution is 5.66. The molecule has 4 heteroatoms. The predicted octanol–water partition coefficient (Wildman–Crippen LogP) is 2.11. The van der Waals surface area contributed by atoms with Gasteiger partial charge in [0.1, 0.15) is 6.10 Å². The van der Waals surface area contributed by atoms with Crippen molar-refractivity contribution in [2.24, 2.45) is 23.7 Å². The molecule has 0 N–H and O–H groups in total. The zero-order valence-corrected chi connectivity index (χ0v) is 11.4. The van der Waals surface area contributed by atoms with E-state index in [9.17, 15) is 9.59 Å². The van der Waals surface area contributed by atoms with Crippen LogP contribution in [0.25, 0.3) is 0 Å². The number of ether oxygens (including phenoxy) is 2. The minimum absolute atomic E-state index is 0.172. The Morgan fingerprint density at radius 3 is 2.63 bits per heavy atom. The molecule has 0 heterocycles. The minimum Gasteiger partial charge on any atom is -0.466 e. The highest BCUT2D eigenvalue weighted by Gasteiger charge is 2.48. The Hall–Kier alpha value is -1.58. The third kappa shape index (κ3) is 2.88. The molecule has 1 saturated carbocycles. The summed E-state index contributed by atoms with van der Waals surface area (Å²) in [6.07, 6.45) is 6.77. The molecule has 0 saturated heterocycles. The zero-order valence-electron chi connectivity index (χ0n) is 11.4. The summed E-state index contributed by atoms with van der Waals surface area (Å²) in [7, 11) is 0. The smallest absolute Gasteiger partial charge is 0.303 e. The van der Waals surface area contributed by atoms with E-state index >= 15 is 0 Å². The van der Waals surface area contributed by atoms with Crippen LogP contribution in [0.2, 0.25) is 0 Å². The van der Waals surface area contributed by atoms with Gasteiger partial charge in [0, 0.05) is 25.7 Å². The van der Waals surface area contributed by atoms with Crippen molar-refractivity contribution in [3.8, 4) is 0 Å². The molecule has 2 aliphatic rings. The molecular formula is C15H20O4. The normalized spacial score (nSPS) is 35.8. The van der Waals surface area contributed by atoms with Gasteiger partial charge in [-0.05, 0) is 24.3 Å². The van der Waals surface area contributed by atoms with Crippen LogP contribution >= 0.6 is 0 Å². The van der Waals surface area contributed by atoms with Gasteiger partial charge in [-0.1, -0.05) is 12.2 Å². The first kappa shape index (κ1) is 13.8. The maximum absolute atomic E-state index is 11.2. The number of esters is 2. The van der Waals surface area contributed by atoms with Crippen molar-refractivity contribution in [1.29, 1.82) is 0 Å². The molecule has 1 fully saturated rings. The Labute approximate surface area is 113 Å². The molecule has 104 valence electrons. The highest BCUT2D eigenvalue weighted by Crippen LogP contribution is 2.49. The molecule has 0 aliphatic heterocycles. The lowest BCUT2D eigenvalue weighted by molar-refractivity contribution is -0.150. The summed E-state index contributed by atoms with van der Waals surface area (Å²) in [5.41, 5.74) is 0. The summed E-state index contributed by atoms with van der Waals surface area (Å²) in [6.45, 7) is 7.06. The van der Waals surface area contributed by atoms with E-state index in [0.717, 1.165) is 6.42 Å². The Balaban J connectivity index is 2.10. The molecule has 0 bridgehead atoms. The van der Waals surface area contributed by atoms with E-state index in [1.807, 2.05) is 12.2 Å². The Kier molecular flexibility index (Phi) is 4.08. The third-order valence-electron chi connectivity index (χ3n) is 4.09. The fourth-order valence-corrected chi connectivity index (χ4v) is 3.35. The van der Waals surface area contributed by atoms with Gasteiger partial charge in [-0.3, -0.25) is 9.59 Å². The van der Waals surface area contributed by atoms with Gasteiger partial charge >= 0.3 is 11.9 Å². The van der Waals surface area contributed by atoms with Crippen molar-refractivity contribution in [3.05, 3.63) is 24.8 Å². The molecule has 1 unspecified atom stereocenters. The van der Waals surface area contributed by atoms with Crippen molar-refractivity contribution in [1.82, 2.24) is 0 Å². The molecule has 0 spiro atoms. The summed E-state index contributed by atoms with van der Waals surface area (Å²) >= 11 is 0. The van der Waals surface area contributed by atoms with Gasteiger partial charge in [-0.2, -0.15) is 0 Å². The summed E-state index contributed by atoms with van der Waals surface area (Å²) in [6, 6.07) is 0. The molecule has 0 amide bonds. The summed E-state index contributed by atoms with van der Waals surface area (Å²) in [4.78, 5) is 22.1. The van der Waals surface area contributed by atoms with Gasteiger partial charge in [-0.15, -0.1) is 6.58 Å². The van der Waals surface area contributed by atoms with Crippen LogP contribution in [-0.2, 0) is 19.1 Å². The van der Waals surface area contributed by atoms with E-state index in [4.69, 9.17) is 9.47 Å². The number of hydrogen-bond donors (Lipinski definition) is 0. The summed E-state index contributed by atoms with van der Waals surface area (Å²) < 4.78 is 10.5. The molecule has 19 heavy (non-hydrogen) atoms. The van der Waals surface area contributed by atoms with Crippen molar-refractivity contribution < 1.29 is 19.1 Å². The Morgan fingerprint density at radius 2 is 2.05 bits per heavy atom. The molecule has 2 rings (SSSR count). The molecule has 0 aromatic carbocycles. The molecule has 0 aromatic heterocycles. The highest BCUT2D eigenvalue weighted by atomic mass is 16.5. The second kappa shape index (κ2) is 5.59. The van der Waals surface area contributed by atoms with Crippen molar-refractivity contribution in [2.45, 2.75) is 26.4 Å². The van der Waals surface area contributed by atoms with Crippen molar-refractivity contribution in [3.63, 3.8) is 0 Å². The monoisotopic (exact) mass is 264 g/mol. The van der Waals surface area contributed by atoms with E-state index in [2.05, 4.69) is 12.7 Å². The van der Waals surface area contributed by atoms with Gasteiger partial charge < -0.3 is 9.47 Å². The third-order valence-corrected chi connectivity index (χ3v) is 4.09. The van der Waals surface area contributed by atoms with E-state index in [1.165, 1.54) is 13.8 Å². The van der Waals surface area contributed by atoms with Crippen LogP contribution in [0.5, 0.6) is 0 Å². The van der Waals surface area contributed by atoms with Gasteiger partial charge in [0.25, 0.3) is 0 Å². The number of rotatable bonds is 4. The SMILES string of the molecule is C=C[C@H]1C[C@H]2C=CC(OC(C)=O)[C@H]2[C@H]1COC(C)=O. The minimum atomic E-state index is -0.277. The molecule has 0 radical (unpaired) electrons. The number of carbonyl (C=O) groups excluding carboxylic acids is 2. The largest absolute Gasteiger partial charge is 0.466 e. The quantitative estimate of drug-likeness (QED) is 0.576. The van der Waals surface area contributed by atoms with Crippen LogP contribution in [0.3, 0.4) is 0 Å². The lowest BCUT2D eigenvalue weighted by Crippen LogP contribution is -2.31. The maximum atomic E-state index is 11.2. The molecule has 4 nitrogen and oxygen atoms in total. The van der Waals surface area contributed by atoms with E-state index in [0.29, 0.717) is 18.4 Å². The average molecular weight is 264 g/mol. The Bertz CT molecular complexity index is 412. The zero-order chi connectivity index (χ0) is 14.0. The molecule has 2 aliphatic carbocycles. The fraction of sp³-hybridized carbons (Fsp3) is 0.600. The van der Waals surface area contributed by atoms with Crippen LogP contribution in [0.4, 0.5) is 0 Å². The van der Waals surface area contributed by atoms with Gasteiger partial charge in [0.2, 0.25) is 0 Å². The summed E-state index contributed by atoms with van der Waals surface area (Å²) in [5, 5.41) is 0. The summed E-state index contributed by atoms with van der Waals surface area (Å²) in [5.74, 6) is 0.507. The first-order valence-electron chi connectivity index (χ1n) is 6.64. The molecular weight excluding hydrogens is 244 g/mol. The Morgan fingerprint density at radius 1 is 1.32 bits per heavy atom. The first-order valence-corrected chi connectivity index (χ1v) is 6.64. The topological polar surface area (TPSA) is 52.6 Å². The number of fused-ring (bicyclic) bond motifs is 1. The van der Waals surface area contributed by atoms with Crippen molar-refractivity contribution in [2.75, 3.05) is 6.61 Å². The van der Waals surface area contributed by atoms with E-state index < -0.39 is 0 Å². The van der Waals surface area contributed by atoms with Crippen LogP contribution < -0.4 is 0 Å². The standard InChI is InChI=1S/C15H20O4/c1-4-11-7-12-5-6-14(19-10(3)17)15(12)13(11)8-18-9(2)16/h4-6,11-15H,1,7-8H2,2-3H3/t11-,12+,13-,14?,15+/m0/s1. The van der Waals surface area contributed by atoms with E-state index in [-0.39, 0.29) is 29.9 Å². The van der Waals surface area contributed by atoms with Crippen molar-refractivity contribution >= 4 is 11.9 Å². The van der Waals surface area contributed by atoms with Gasteiger partial charge in [0.15, 0.2) is 0 Å². The van der Waals surface area contributed by atoms with Gasteiger partial charge in [0.05, 0.1) is 6.61 Å². The average Bonchev–Trinajstić information content (AvgIpc) is 2.86. The number of hydrogen-bond acceptors (Lipinski definition) is 4. The second-order valence-electron chi connectivity index (χ2n) is 5.30.